The maximum Gasteiger partial charge on any atom is 0.332 e. The fraction of sp³-hybridized carbons (Fsp3) is 0.364. The lowest BCUT2D eigenvalue weighted by atomic mass is 10.1. The number of rotatable bonds is 7. The summed E-state index contributed by atoms with van der Waals surface area (Å²) in [6.45, 7) is 7.74. The molecule has 7 heteroatoms. The summed E-state index contributed by atoms with van der Waals surface area (Å²) in [6.07, 6.45) is 0.678. The number of ether oxygens (including phenoxy) is 2. The topological polar surface area (TPSA) is 102 Å². The second kappa shape index (κ2) is 7.16. The van der Waals surface area contributed by atoms with Gasteiger partial charge in [-0.15, -0.1) is 0 Å². The van der Waals surface area contributed by atoms with Crippen molar-refractivity contribution in [3.05, 3.63) is 25.3 Å². The Bertz CT molecular complexity index is 398. The Labute approximate surface area is 103 Å². The summed E-state index contributed by atoms with van der Waals surface area (Å²) < 4.78 is 9.20. The van der Waals surface area contributed by atoms with Gasteiger partial charge in [0.2, 0.25) is 6.08 Å². The Hall–Kier alpha value is -2.24. The zero-order valence-corrected chi connectivity index (χ0v) is 9.79. The Morgan fingerprint density at radius 1 is 1.44 bits per heavy atom. The van der Waals surface area contributed by atoms with Gasteiger partial charge in [0.1, 0.15) is 0 Å². The molecule has 2 unspecified atom stereocenters. The molecule has 0 bridgehead atoms. The first-order chi connectivity index (χ1) is 8.45. The smallest absolute Gasteiger partial charge is 0.332 e. The molecule has 0 saturated carbocycles. The quantitative estimate of drug-likeness (QED) is 0.229. The van der Waals surface area contributed by atoms with E-state index in [4.69, 9.17) is 4.74 Å². The van der Waals surface area contributed by atoms with Crippen molar-refractivity contribution in [2.24, 2.45) is 4.99 Å². The predicted octanol–water partition coefficient (Wildman–Crippen LogP) is 0.205. The van der Waals surface area contributed by atoms with Gasteiger partial charge >= 0.3 is 11.9 Å². The van der Waals surface area contributed by atoms with Crippen LogP contribution < -0.4 is 0 Å². The zero-order valence-electron chi connectivity index (χ0n) is 9.79. The van der Waals surface area contributed by atoms with Crippen LogP contribution in [-0.4, -0.2) is 35.1 Å². The van der Waals surface area contributed by atoms with Gasteiger partial charge in [-0.05, 0) is 0 Å². The van der Waals surface area contributed by atoms with Crippen molar-refractivity contribution < 1.29 is 29.0 Å². The zero-order chi connectivity index (χ0) is 14.2. The Morgan fingerprint density at radius 3 is 2.39 bits per heavy atom. The SMILES string of the molecule is C=CC(=O)OC(O)C(CC)(N=C=O)OC(=O)C=C. The van der Waals surface area contributed by atoms with Crippen LogP contribution in [0.25, 0.3) is 0 Å². The molecule has 0 saturated heterocycles. The molecular weight excluding hydrogens is 242 g/mol. The number of carbonyl (C=O) groups excluding carboxylic acids is 3. The summed E-state index contributed by atoms with van der Waals surface area (Å²) in [7, 11) is 0. The molecule has 7 nitrogen and oxygen atoms in total. The van der Waals surface area contributed by atoms with Crippen LogP contribution in [0.1, 0.15) is 13.3 Å². The highest BCUT2D eigenvalue weighted by molar-refractivity contribution is 5.82. The van der Waals surface area contributed by atoms with Crippen LogP contribution in [0.4, 0.5) is 0 Å². The molecule has 0 aliphatic heterocycles. The van der Waals surface area contributed by atoms with Crippen molar-refractivity contribution in [2.75, 3.05) is 0 Å². The number of carbonyl (C=O) groups is 2. The molecule has 18 heavy (non-hydrogen) atoms. The number of aliphatic hydroxyl groups is 1. The number of hydrogen-bond donors (Lipinski definition) is 1. The van der Waals surface area contributed by atoms with E-state index in [9.17, 15) is 19.5 Å². The molecule has 0 aliphatic rings. The fourth-order valence-electron chi connectivity index (χ4n) is 0.998. The molecule has 0 aromatic carbocycles. The molecule has 2 atom stereocenters. The van der Waals surface area contributed by atoms with Crippen molar-refractivity contribution in [3.63, 3.8) is 0 Å². The van der Waals surface area contributed by atoms with Gasteiger partial charge in [-0.1, -0.05) is 20.1 Å². The highest BCUT2D eigenvalue weighted by Gasteiger charge is 2.43. The van der Waals surface area contributed by atoms with Gasteiger partial charge in [-0.3, -0.25) is 0 Å². The molecular formula is C11H13NO6. The minimum absolute atomic E-state index is 0.118. The lowest BCUT2D eigenvalue weighted by Gasteiger charge is -2.29. The number of hydrogen-bond acceptors (Lipinski definition) is 7. The van der Waals surface area contributed by atoms with Gasteiger partial charge in [0.25, 0.3) is 12.0 Å². The van der Waals surface area contributed by atoms with Gasteiger partial charge in [0.15, 0.2) is 0 Å². The van der Waals surface area contributed by atoms with E-state index < -0.39 is 24.0 Å². The number of nitrogens with zero attached hydrogens (tertiary/aromatic N) is 1. The first-order valence-corrected chi connectivity index (χ1v) is 4.91. The maximum absolute atomic E-state index is 11.1. The maximum atomic E-state index is 11.1. The van der Waals surface area contributed by atoms with Crippen LogP contribution in [-0.2, 0) is 23.9 Å². The molecule has 0 radical (unpaired) electrons. The van der Waals surface area contributed by atoms with E-state index in [0.29, 0.717) is 0 Å². The number of aliphatic hydroxyl groups excluding tert-OH is 1. The highest BCUT2D eigenvalue weighted by atomic mass is 16.7. The number of esters is 2. The summed E-state index contributed by atoms with van der Waals surface area (Å²) in [5.74, 6) is -1.90. The molecule has 0 spiro atoms. The van der Waals surface area contributed by atoms with Crippen LogP contribution >= 0.6 is 0 Å². The standard InChI is InChI=1S/C11H13NO6/c1-4-8(14)17-10(16)11(6-3,12-7-13)18-9(15)5-2/h4-5,10,16H,1-2,6H2,3H3. The van der Waals surface area contributed by atoms with Crippen molar-refractivity contribution in [1.82, 2.24) is 0 Å². The van der Waals surface area contributed by atoms with Crippen molar-refractivity contribution in [3.8, 4) is 0 Å². The van der Waals surface area contributed by atoms with E-state index in [0.717, 1.165) is 18.2 Å². The summed E-state index contributed by atoms with van der Waals surface area (Å²) in [6, 6.07) is 0. The van der Waals surface area contributed by atoms with E-state index in [-0.39, 0.29) is 6.42 Å². The summed E-state index contributed by atoms with van der Waals surface area (Å²) in [5, 5.41) is 9.66. The average molecular weight is 255 g/mol. The molecule has 1 N–H and O–H groups in total. The Balaban J connectivity index is 5.22. The summed E-state index contributed by atoms with van der Waals surface area (Å²) >= 11 is 0. The highest BCUT2D eigenvalue weighted by Crippen LogP contribution is 2.24. The van der Waals surface area contributed by atoms with Crippen LogP contribution in [0.2, 0.25) is 0 Å². The number of isocyanates is 1. The molecule has 0 heterocycles. The van der Waals surface area contributed by atoms with Gasteiger partial charge in [0.05, 0.1) is 0 Å². The Morgan fingerprint density at radius 2 is 2.00 bits per heavy atom. The molecule has 0 rings (SSSR count). The third-order valence-corrected chi connectivity index (χ3v) is 1.97. The van der Waals surface area contributed by atoms with E-state index in [1.54, 1.807) is 0 Å². The second-order valence-electron chi connectivity index (χ2n) is 3.02. The van der Waals surface area contributed by atoms with E-state index in [1.165, 1.54) is 6.92 Å². The largest absolute Gasteiger partial charge is 0.426 e. The van der Waals surface area contributed by atoms with E-state index in [2.05, 4.69) is 22.9 Å². The van der Waals surface area contributed by atoms with Crippen LogP contribution in [0.15, 0.2) is 30.3 Å². The first kappa shape index (κ1) is 15.8. The van der Waals surface area contributed by atoms with Crippen molar-refractivity contribution in [1.29, 1.82) is 0 Å². The van der Waals surface area contributed by atoms with Gasteiger partial charge < -0.3 is 14.6 Å². The third-order valence-electron chi connectivity index (χ3n) is 1.97. The number of aliphatic imine (C=N–C) groups is 1. The minimum Gasteiger partial charge on any atom is -0.426 e. The van der Waals surface area contributed by atoms with Crippen molar-refractivity contribution in [2.45, 2.75) is 25.4 Å². The molecule has 0 amide bonds. The average Bonchev–Trinajstić information content (AvgIpc) is 2.37. The Kier molecular flexibility index (Phi) is 6.27. The molecule has 0 aliphatic carbocycles. The summed E-state index contributed by atoms with van der Waals surface area (Å²) in [5.41, 5.74) is -2.05. The normalized spacial score (nSPS) is 14.3. The van der Waals surface area contributed by atoms with Gasteiger partial charge in [-0.25, -0.2) is 14.4 Å². The molecule has 0 fully saturated rings. The van der Waals surface area contributed by atoms with Crippen LogP contribution in [0.3, 0.4) is 0 Å². The third kappa shape index (κ3) is 3.97. The van der Waals surface area contributed by atoms with Crippen LogP contribution in [0, 0.1) is 0 Å². The lowest BCUT2D eigenvalue weighted by Crippen LogP contribution is -2.46. The lowest BCUT2D eigenvalue weighted by molar-refractivity contribution is -0.222. The molecule has 98 valence electrons. The van der Waals surface area contributed by atoms with Gasteiger partial charge in [-0.2, -0.15) is 4.99 Å². The second-order valence-corrected chi connectivity index (χ2v) is 3.02. The minimum atomic E-state index is -2.05. The first-order valence-electron chi connectivity index (χ1n) is 4.91. The summed E-state index contributed by atoms with van der Waals surface area (Å²) in [4.78, 5) is 35.6. The monoisotopic (exact) mass is 255 g/mol. The molecule has 0 aromatic heterocycles. The van der Waals surface area contributed by atoms with E-state index in [1.807, 2.05) is 0 Å². The van der Waals surface area contributed by atoms with Crippen LogP contribution in [0.5, 0.6) is 0 Å². The van der Waals surface area contributed by atoms with Gasteiger partial charge in [0, 0.05) is 18.6 Å². The predicted molar refractivity (Wildman–Crippen MR) is 59.7 cm³/mol. The van der Waals surface area contributed by atoms with Crippen molar-refractivity contribution >= 4 is 18.0 Å². The fourth-order valence-corrected chi connectivity index (χ4v) is 0.998. The van der Waals surface area contributed by atoms with E-state index >= 15 is 0 Å². The molecule has 0 aromatic rings.